The van der Waals surface area contributed by atoms with Crippen LogP contribution in [0.15, 0.2) is 6.07 Å². The van der Waals surface area contributed by atoms with Crippen LogP contribution >= 0.6 is 0 Å². The van der Waals surface area contributed by atoms with Gasteiger partial charge in [0.05, 0.1) is 19.3 Å². The van der Waals surface area contributed by atoms with Crippen LogP contribution in [0.3, 0.4) is 0 Å². The van der Waals surface area contributed by atoms with Crippen molar-refractivity contribution in [2.75, 3.05) is 55.4 Å². The normalized spacial score (nSPS) is 23.8. The van der Waals surface area contributed by atoms with Gasteiger partial charge in [0, 0.05) is 31.7 Å². The molecule has 0 amide bonds. The van der Waals surface area contributed by atoms with E-state index in [0.717, 1.165) is 44.5 Å². The quantitative estimate of drug-likeness (QED) is 0.785. The average Bonchev–Trinajstić information content (AvgIpc) is 2.37. The fourth-order valence-electron chi connectivity index (χ4n) is 2.66. The summed E-state index contributed by atoms with van der Waals surface area (Å²) in [6, 6.07) is 2.88. The summed E-state index contributed by atoms with van der Waals surface area (Å²) >= 11 is 0. The Bertz CT molecular complexity index is 476. The van der Waals surface area contributed by atoms with Crippen molar-refractivity contribution in [1.82, 2.24) is 15.3 Å². The number of hydrogen-bond donors (Lipinski definition) is 2. The molecule has 3 N–H and O–H groups in total. The Labute approximate surface area is 119 Å². The summed E-state index contributed by atoms with van der Waals surface area (Å²) in [6.45, 7) is 6.37. The standard InChI is InChI=1S/C13H22N6O/c1-9-8-20-4-3-19(9)12-5-11(16-13(14)17-12)18-6-10(7-18)15-2/h5,9-10,15H,3-4,6-8H2,1-2H3,(H2,14,16,17)/t9-/m0/s1. The minimum absolute atomic E-state index is 0.312. The second-order valence-corrected chi connectivity index (χ2v) is 5.45. The van der Waals surface area contributed by atoms with Crippen LogP contribution in [0.1, 0.15) is 6.92 Å². The van der Waals surface area contributed by atoms with Crippen molar-refractivity contribution in [1.29, 1.82) is 0 Å². The Balaban J connectivity index is 1.80. The molecule has 3 heterocycles. The molecule has 0 spiro atoms. The van der Waals surface area contributed by atoms with Gasteiger partial charge >= 0.3 is 0 Å². The molecule has 0 saturated carbocycles. The smallest absolute Gasteiger partial charge is 0.223 e. The van der Waals surface area contributed by atoms with Crippen molar-refractivity contribution in [2.24, 2.45) is 0 Å². The number of hydrogen-bond acceptors (Lipinski definition) is 7. The van der Waals surface area contributed by atoms with E-state index in [0.29, 0.717) is 18.0 Å². The molecule has 110 valence electrons. The van der Waals surface area contributed by atoms with Crippen LogP contribution in [-0.2, 0) is 4.74 Å². The molecule has 7 nitrogen and oxygen atoms in total. The number of rotatable bonds is 3. The summed E-state index contributed by atoms with van der Waals surface area (Å²) in [6.07, 6.45) is 0. The van der Waals surface area contributed by atoms with Gasteiger partial charge in [0.25, 0.3) is 0 Å². The molecule has 2 aliphatic rings. The minimum Gasteiger partial charge on any atom is -0.377 e. The SMILES string of the molecule is CNC1CN(c2cc(N3CCOC[C@@H]3C)nc(N)n2)C1. The average molecular weight is 278 g/mol. The van der Waals surface area contributed by atoms with Gasteiger partial charge in [0.15, 0.2) is 0 Å². The molecule has 3 rings (SSSR count). The van der Waals surface area contributed by atoms with Crippen LogP contribution in [-0.4, -0.2) is 61.9 Å². The van der Waals surface area contributed by atoms with Crippen LogP contribution in [0.5, 0.6) is 0 Å². The highest BCUT2D eigenvalue weighted by molar-refractivity contribution is 5.56. The lowest BCUT2D eigenvalue weighted by atomic mass is 10.1. The first-order valence-electron chi connectivity index (χ1n) is 7.08. The lowest BCUT2D eigenvalue weighted by molar-refractivity contribution is 0.0985. The molecule has 0 unspecified atom stereocenters. The summed E-state index contributed by atoms with van der Waals surface area (Å²) < 4.78 is 5.47. The Kier molecular flexibility index (Phi) is 3.62. The number of nitrogen functional groups attached to an aromatic ring is 1. The first kappa shape index (κ1) is 13.4. The third kappa shape index (κ3) is 2.51. The highest BCUT2D eigenvalue weighted by atomic mass is 16.5. The molecule has 20 heavy (non-hydrogen) atoms. The van der Waals surface area contributed by atoms with E-state index in [-0.39, 0.29) is 0 Å². The summed E-state index contributed by atoms with van der Waals surface area (Å²) in [5.41, 5.74) is 5.87. The maximum atomic E-state index is 5.87. The van der Waals surface area contributed by atoms with Gasteiger partial charge in [-0.15, -0.1) is 0 Å². The van der Waals surface area contributed by atoms with E-state index >= 15 is 0 Å². The van der Waals surface area contributed by atoms with E-state index in [1.54, 1.807) is 0 Å². The van der Waals surface area contributed by atoms with E-state index in [9.17, 15) is 0 Å². The molecule has 0 radical (unpaired) electrons. The third-order valence-corrected chi connectivity index (χ3v) is 3.99. The number of anilines is 3. The Morgan fingerprint density at radius 2 is 2.10 bits per heavy atom. The van der Waals surface area contributed by atoms with Gasteiger partial charge in [0.2, 0.25) is 5.95 Å². The zero-order valence-corrected chi connectivity index (χ0v) is 12.0. The van der Waals surface area contributed by atoms with Crippen LogP contribution in [0, 0.1) is 0 Å². The van der Waals surface area contributed by atoms with Gasteiger partial charge in [-0.25, -0.2) is 0 Å². The Morgan fingerprint density at radius 1 is 1.35 bits per heavy atom. The van der Waals surface area contributed by atoms with Crippen LogP contribution in [0.4, 0.5) is 17.6 Å². The van der Waals surface area contributed by atoms with Crippen LogP contribution in [0.2, 0.25) is 0 Å². The molecule has 0 bridgehead atoms. The molecular formula is C13H22N6O. The maximum Gasteiger partial charge on any atom is 0.223 e. The monoisotopic (exact) mass is 278 g/mol. The predicted molar refractivity (Wildman–Crippen MR) is 79.1 cm³/mol. The molecule has 0 aliphatic carbocycles. The van der Waals surface area contributed by atoms with E-state index in [4.69, 9.17) is 10.5 Å². The molecule has 0 aromatic carbocycles. The lowest BCUT2D eigenvalue weighted by Crippen LogP contribution is -2.57. The largest absolute Gasteiger partial charge is 0.377 e. The van der Waals surface area contributed by atoms with E-state index in [1.807, 2.05) is 13.1 Å². The first-order valence-corrected chi connectivity index (χ1v) is 7.08. The number of nitrogens with two attached hydrogens (primary N) is 1. The second kappa shape index (κ2) is 5.41. The number of morpholine rings is 1. The van der Waals surface area contributed by atoms with E-state index < -0.39 is 0 Å². The van der Waals surface area contributed by atoms with Crippen molar-refractivity contribution in [3.05, 3.63) is 6.07 Å². The topological polar surface area (TPSA) is 79.5 Å². The number of nitrogens with zero attached hydrogens (tertiary/aromatic N) is 4. The van der Waals surface area contributed by atoms with Crippen LogP contribution in [0.25, 0.3) is 0 Å². The molecule has 1 aromatic rings. The van der Waals surface area contributed by atoms with Crippen molar-refractivity contribution < 1.29 is 4.74 Å². The van der Waals surface area contributed by atoms with Gasteiger partial charge in [-0.1, -0.05) is 0 Å². The predicted octanol–water partition coefficient (Wildman–Crippen LogP) is -0.308. The molecule has 2 saturated heterocycles. The summed E-state index contributed by atoms with van der Waals surface area (Å²) in [5.74, 6) is 2.15. The van der Waals surface area contributed by atoms with E-state index in [2.05, 4.69) is 32.0 Å². The highest BCUT2D eigenvalue weighted by Gasteiger charge is 2.28. The summed E-state index contributed by atoms with van der Waals surface area (Å²) in [4.78, 5) is 13.2. The fraction of sp³-hybridized carbons (Fsp3) is 0.692. The van der Waals surface area contributed by atoms with Gasteiger partial charge in [-0.2, -0.15) is 9.97 Å². The third-order valence-electron chi connectivity index (χ3n) is 3.99. The molecule has 1 atom stereocenters. The molecule has 2 fully saturated rings. The fourth-order valence-corrected chi connectivity index (χ4v) is 2.66. The van der Waals surface area contributed by atoms with Crippen LogP contribution < -0.4 is 20.9 Å². The number of aromatic nitrogens is 2. The maximum absolute atomic E-state index is 5.87. The van der Waals surface area contributed by atoms with Crippen molar-refractivity contribution in [3.63, 3.8) is 0 Å². The van der Waals surface area contributed by atoms with E-state index in [1.165, 1.54) is 0 Å². The highest BCUT2D eigenvalue weighted by Crippen LogP contribution is 2.25. The molecule has 1 aromatic heterocycles. The Morgan fingerprint density at radius 3 is 2.80 bits per heavy atom. The van der Waals surface area contributed by atoms with Gasteiger partial charge < -0.3 is 25.6 Å². The van der Waals surface area contributed by atoms with Gasteiger partial charge in [-0.3, -0.25) is 0 Å². The zero-order valence-electron chi connectivity index (χ0n) is 12.0. The lowest BCUT2D eigenvalue weighted by Gasteiger charge is -2.40. The summed E-state index contributed by atoms with van der Waals surface area (Å²) in [7, 11) is 1.98. The van der Waals surface area contributed by atoms with Crippen molar-refractivity contribution in [2.45, 2.75) is 19.0 Å². The molecule has 2 aliphatic heterocycles. The Hall–Kier alpha value is -1.60. The summed E-state index contributed by atoms with van der Waals surface area (Å²) in [5, 5.41) is 3.26. The second-order valence-electron chi connectivity index (χ2n) is 5.45. The van der Waals surface area contributed by atoms with Gasteiger partial charge in [0.1, 0.15) is 11.6 Å². The molecular weight excluding hydrogens is 256 g/mol. The number of nitrogens with one attached hydrogen (secondary N) is 1. The van der Waals surface area contributed by atoms with Crippen molar-refractivity contribution >= 4 is 17.6 Å². The molecule has 7 heteroatoms. The zero-order chi connectivity index (χ0) is 14.1. The van der Waals surface area contributed by atoms with Crippen molar-refractivity contribution in [3.8, 4) is 0 Å². The first-order chi connectivity index (χ1) is 9.67. The number of likely N-dealkylation sites (N-methyl/N-ethyl adjacent to an activating group) is 1. The minimum atomic E-state index is 0.312. The number of ether oxygens (including phenoxy) is 1. The van der Waals surface area contributed by atoms with Gasteiger partial charge in [-0.05, 0) is 14.0 Å².